The van der Waals surface area contributed by atoms with Gasteiger partial charge in [0.05, 0.1) is 0 Å². The van der Waals surface area contributed by atoms with Crippen molar-refractivity contribution in [3.8, 4) is 0 Å². The van der Waals surface area contributed by atoms with E-state index in [-0.39, 0.29) is 30.1 Å². The molecule has 2 nitrogen and oxygen atoms in total. The van der Waals surface area contributed by atoms with Crippen LogP contribution in [0.4, 0.5) is 13.2 Å². The molecule has 0 amide bonds. The maximum Gasteiger partial charge on any atom is 0.417 e. The van der Waals surface area contributed by atoms with Crippen LogP contribution in [0.2, 0.25) is 0 Å². The summed E-state index contributed by atoms with van der Waals surface area (Å²) in [5.74, 6) is 4.34. The molecule has 5 heteroatoms. The Morgan fingerprint density at radius 1 is 1.00 bits per heavy atom. The van der Waals surface area contributed by atoms with Gasteiger partial charge in [0, 0.05) is 5.92 Å². The smallest absolute Gasteiger partial charge is 0.380 e. The summed E-state index contributed by atoms with van der Waals surface area (Å²) in [6.07, 6.45) is -0.349. The van der Waals surface area contributed by atoms with E-state index in [9.17, 15) is 23.1 Å². The van der Waals surface area contributed by atoms with Gasteiger partial charge >= 0.3 is 6.18 Å². The molecule has 5 aliphatic carbocycles. The summed E-state index contributed by atoms with van der Waals surface area (Å²) < 4.78 is 40.1. The maximum absolute atomic E-state index is 13.4. The molecule has 0 aromatic carbocycles. The highest BCUT2D eigenvalue weighted by Gasteiger charge is 2.73. The van der Waals surface area contributed by atoms with Crippen molar-refractivity contribution in [3.05, 3.63) is 0 Å². The van der Waals surface area contributed by atoms with Crippen LogP contribution < -0.4 is 0 Å². The minimum absolute atomic E-state index is 0.00316. The average Bonchev–Trinajstić information content (AvgIpc) is 3.10. The Bertz CT molecular complexity index is 690. The van der Waals surface area contributed by atoms with Gasteiger partial charge in [0.2, 0.25) is 0 Å². The molecule has 28 heavy (non-hydrogen) atoms. The van der Waals surface area contributed by atoms with E-state index in [1.807, 2.05) is 0 Å². The zero-order valence-corrected chi connectivity index (χ0v) is 17.1. The van der Waals surface area contributed by atoms with Crippen molar-refractivity contribution in [2.24, 2.45) is 58.7 Å². The first-order valence-corrected chi connectivity index (χ1v) is 11.3. The summed E-state index contributed by atoms with van der Waals surface area (Å²) in [4.78, 5) is 12.5. The van der Waals surface area contributed by atoms with Gasteiger partial charge in [-0.3, -0.25) is 4.79 Å². The van der Waals surface area contributed by atoms with Crippen LogP contribution >= 0.6 is 0 Å². The number of Topliss-reactive ketones (excluding diaryl/α,β-unsaturated/α-hetero) is 1. The minimum atomic E-state index is -4.52. The molecular formula is C23H33F3O2. The fraction of sp³-hybridized carbons (Fsp3) is 0.957. The highest BCUT2D eigenvalue weighted by Crippen LogP contribution is 2.77. The number of hydrogen-bond acceptors (Lipinski definition) is 2. The van der Waals surface area contributed by atoms with Crippen LogP contribution in [0.3, 0.4) is 0 Å². The normalized spacial score (nSPS) is 57.6. The van der Waals surface area contributed by atoms with E-state index >= 15 is 0 Å². The summed E-state index contributed by atoms with van der Waals surface area (Å²) in [6.45, 7) is 6.40. The van der Waals surface area contributed by atoms with Crippen LogP contribution in [0.5, 0.6) is 0 Å². The SMILES string of the molecule is CC(=O)[C@H]1[C@H]2[C@@H](C)[C@H]2[C@H]2[C@@H]3CC[C@@H]4C[C@@](O)(C(F)(F)F)CC[C@@H]4[C@H]3CC[C@@]21C. The van der Waals surface area contributed by atoms with Crippen LogP contribution in [0.15, 0.2) is 0 Å². The van der Waals surface area contributed by atoms with Crippen molar-refractivity contribution in [1.82, 2.24) is 0 Å². The van der Waals surface area contributed by atoms with Crippen molar-refractivity contribution < 1.29 is 23.1 Å². The third-order valence-corrected chi connectivity index (χ3v) is 10.3. The second-order valence-electron chi connectivity index (χ2n) is 11.3. The Balaban J connectivity index is 1.40. The molecule has 0 bridgehead atoms. The van der Waals surface area contributed by atoms with Crippen molar-refractivity contribution in [2.75, 3.05) is 0 Å². The van der Waals surface area contributed by atoms with Gasteiger partial charge in [-0.2, -0.15) is 13.2 Å². The maximum atomic E-state index is 13.4. The molecule has 5 rings (SSSR count). The highest BCUT2D eigenvalue weighted by molar-refractivity contribution is 5.81. The number of rotatable bonds is 1. The van der Waals surface area contributed by atoms with Crippen LogP contribution in [0.25, 0.3) is 0 Å². The van der Waals surface area contributed by atoms with Crippen LogP contribution in [-0.2, 0) is 4.79 Å². The lowest BCUT2D eigenvalue weighted by Gasteiger charge is -2.58. The quantitative estimate of drug-likeness (QED) is 0.656. The Morgan fingerprint density at radius 2 is 1.68 bits per heavy atom. The standard InChI is InChI=1S/C23H33F3O2/c1-11-17-18(11)20-16-5-4-13-10-22(28,23(24,25)26)9-7-14(13)15(16)6-8-21(20,3)19(17)12(2)27/h11,13-20,28H,4-10H2,1-3H3/t11-,13-,14+,15-,16-,17+,18-,19+,20-,21-,22-/m1/s1. The van der Waals surface area contributed by atoms with E-state index < -0.39 is 11.8 Å². The van der Waals surface area contributed by atoms with E-state index in [1.165, 1.54) is 0 Å². The molecule has 0 aromatic rings. The van der Waals surface area contributed by atoms with Crippen molar-refractivity contribution in [3.63, 3.8) is 0 Å². The predicted molar refractivity (Wildman–Crippen MR) is 99.2 cm³/mol. The Kier molecular flexibility index (Phi) is 3.99. The van der Waals surface area contributed by atoms with Crippen LogP contribution in [0.1, 0.15) is 65.7 Å². The van der Waals surface area contributed by atoms with Crippen molar-refractivity contribution in [1.29, 1.82) is 0 Å². The van der Waals surface area contributed by atoms with Gasteiger partial charge in [-0.1, -0.05) is 13.8 Å². The Hall–Kier alpha value is -0.580. The molecule has 0 unspecified atom stereocenters. The van der Waals surface area contributed by atoms with Gasteiger partial charge in [-0.25, -0.2) is 0 Å². The number of fused-ring (bicyclic) bond motifs is 7. The predicted octanol–water partition coefficient (Wildman–Crippen LogP) is 5.24. The lowest BCUT2D eigenvalue weighted by Crippen LogP contribution is -2.55. The third-order valence-electron chi connectivity index (χ3n) is 10.3. The lowest BCUT2D eigenvalue weighted by molar-refractivity contribution is -0.282. The van der Waals surface area contributed by atoms with E-state index in [1.54, 1.807) is 6.92 Å². The molecule has 11 atom stereocenters. The van der Waals surface area contributed by atoms with Gasteiger partial charge in [0.15, 0.2) is 5.60 Å². The zero-order chi connectivity index (χ0) is 20.2. The summed E-state index contributed by atoms with van der Waals surface area (Å²) in [6, 6.07) is 0. The molecule has 0 spiro atoms. The molecule has 0 aliphatic heterocycles. The molecule has 0 aromatic heterocycles. The second kappa shape index (κ2) is 5.76. The monoisotopic (exact) mass is 398 g/mol. The molecule has 5 fully saturated rings. The molecular weight excluding hydrogens is 365 g/mol. The topological polar surface area (TPSA) is 37.3 Å². The Labute approximate surface area is 165 Å². The summed E-state index contributed by atoms with van der Waals surface area (Å²) >= 11 is 0. The van der Waals surface area contributed by atoms with Crippen molar-refractivity contribution in [2.45, 2.75) is 77.5 Å². The van der Waals surface area contributed by atoms with Crippen LogP contribution in [0, 0.1) is 58.7 Å². The average molecular weight is 399 g/mol. The molecule has 158 valence electrons. The van der Waals surface area contributed by atoms with Gasteiger partial charge in [0.1, 0.15) is 5.78 Å². The first kappa shape index (κ1) is 19.4. The van der Waals surface area contributed by atoms with E-state index in [4.69, 9.17) is 0 Å². The van der Waals surface area contributed by atoms with Crippen molar-refractivity contribution >= 4 is 5.78 Å². The fourth-order valence-electron chi connectivity index (χ4n) is 9.29. The van der Waals surface area contributed by atoms with Gasteiger partial charge < -0.3 is 5.11 Å². The number of halogens is 3. The molecule has 5 saturated carbocycles. The molecule has 0 heterocycles. The Morgan fingerprint density at radius 3 is 2.32 bits per heavy atom. The largest absolute Gasteiger partial charge is 0.417 e. The fourth-order valence-corrected chi connectivity index (χ4v) is 9.29. The third kappa shape index (κ3) is 2.34. The molecule has 0 saturated heterocycles. The van der Waals surface area contributed by atoms with E-state index in [2.05, 4.69) is 13.8 Å². The van der Waals surface area contributed by atoms with Crippen LogP contribution in [-0.4, -0.2) is 22.7 Å². The number of alkyl halides is 3. The summed E-state index contributed by atoms with van der Waals surface area (Å²) in [5, 5.41) is 10.3. The number of aliphatic hydroxyl groups is 1. The van der Waals surface area contributed by atoms with Gasteiger partial charge in [0.25, 0.3) is 0 Å². The van der Waals surface area contributed by atoms with Gasteiger partial charge in [-0.15, -0.1) is 0 Å². The first-order valence-electron chi connectivity index (χ1n) is 11.3. The molecule has 0 radical (unpaired) electrons. The summed E-state index contributed by atoms with van der Waals surface area (Å²) in [5.41, 5.74) is -2.38. The minimum Gasteiger partial charge on any atom is -0.380 e. The summed E-state index contributed by atoms with van der Waals surface area (Å²) in [7, 11) is 0. The van der Waals surface area contributed by atoms with E-state index in [0.29, 0.717) is 53.6 Å². The first-order chi connectivity index (χ1) is 13.0. The number of carbonyl (C=O) groups excluding carboxylic acids is 1. The zero-order valence-electron chi connectivity index (χ0n) is 17.1. The number of hydrogen-bond donors (Lipinski definition) is 1. The molecule has 5 aliphatic rings. The second-order valence-corrected chi connectivity index (χ2v) is 11.3. The van der Waals surface area contributed by atoms with E-state index in [0.717, 1.165) is 25.7 Å². The highest BCUT2D eigenvalue weighted by atomic mass is 19.4. The lowest BCUT2D eigenvalue weighted by atomic mass is 9.47. The number of carbonyl (C=O) groups is 1. The molecule has 1 N–H and O–H groups in total. The van der Waals surface area contributed by atoms with Gasteiger partial charge in [-0.05, 0) is 105 Å². The number of ketones is 1.